The lowest BCUT2D eigenvalue weighted by molar-refractivity contribution is 0.567. The maximum Gasteiger partial charge on any atom is 0.227 e. The van der Waals surface area contributed by atoms with Crippen LogP contribution in [-0.4, -0.2) is 29.6 Å². The lowest BCUT2D eigenvalue weighted by atomic mass is 10.1. The van der Waals surface area contributed by atoms with Crippen LogP contribution in [0.3, 0.4) is 0 Å². The molecule has 1 N–H and O–H groups in total. The van der Waals surface area contributed by atoms with E-state index < -0.39 is 0 Å². The van der Waals surface area contributed by atoms with Gasteiger partial charge in [-0.2, -0.15) is 4.98 Å². The molecule has 4 nitrogen and oxygen atoms in total. The summed E-state index contributed by atoms with van der Waals surface area (Å²) in [4.78, 5) is 11.5. The molecule has 1 aromatic heterocycles. The molecule has 0 aliphatic carbocycles. The number of hydrogen-bond acceptors (Lipinski definition) is 4. The van der Waals surface area contributed by atoms with Crippen LogP contribution < -0.4 is 10.2 Å². The highest BCUT2D eigenvalue weighted by molar-refractivity contribution is 5.43. The van der Waals surface area contributed by atoms with Gasteiger partial charge in [0.15, 0.2) is 0 Å². The average molecular weight is 248 g/mol. The fourth-order valence-electron chi connectivity index (χ4n) is 2.19. The van der Waals surface area contributed by atoms with Crippen molar-refractivity contribution >= 4 is 11.8 Å². The van der Waals surface area contributed by atoms with Gasteiger partial charge in [-0.25, -0.2) is 4.98 Å². The Morgan fingerprint density at radius 1 is 1.22 bits per heavy atom. The van der Waals surface area contributed by atoms with Gasteiger partial charge in [-0.1, -0.05) is 13.8 Å². The van der Waals surface area contributed by atoms with Gasteiger partial charge in [-0.05, 0) is 32.1 Å². The second-order valence-corrected chi connectivity index (χ2v) is 5.52. The number of aromatic nitrogens is 2. The smallest absolute Gasteiger partial charge is 0.227 e. The fourth-order valence-corrected chi connectivity index (χ4v) is 2.19. The van der Waals surface area contributed by atoms with Crippen molar-refractivity contribution < 1.29 is 0 Å². The zero-order valence-electron chi connectivity index (χ0n) is 11.7. The molecule has 0 bridgehead atoms. The molecule has 18 heavy (non-hydrogen) atoms. The van der Waals surface area contributed by atoms with E-state index in [-0.39, 0.29) is 0 Å². The molecule has 1 fully saturated rings. The van der Waals surface area contributed by atoms with Crippen molar-refractivity contribution in [3.05, 3.63) is 11.8 Å². The molecule has 0 aromatic carbocycles. The zero-order chi connectivity index (χ0) is 13.0. The van der Waals surface area contributed by atoms with Crippen LogP contribution in [0.1, 0.15) is 38.8 Å². The second-order valence-electron chi connectivity index (χ2n) is 5.52. The molecule has 0 saturated carbocycles. The van der Waals surface area contributed by atoms with Crippen molar-refractivity contribution in [2.45, 2.75) is 40.0 Å². The number of hydrogen-bond donors (Lipinski definition) is 1. The van der Waals surface area contributed by atoms with Gasteiger partial charge in [-0.3, -0.25) is 0 Å². The molecule has 4 heteroatoms. The minimum atomic E-state index is 0.624. The summed E-state index contributed by atoms with van der Waals surface area (Å²) in [5.41, 5.74) is 1.04. The molecule has 0 radical (unpaired) electrons. The molecule has 100 valence electrons. The van der Waals surface area contributed by atoms with E-state index in [2.05, 4.69) is 34.0 Å². The number of piperidine rings is 1. The number of aryl methyl sites for hydroxylation is 1. The Labute approximate surface area is 110 Å². The van der Waals surface area contributed by atoms with Crippen LogP contribution in [-0.2, 0) is 0 Å². The van der Waals surface area contributed by atoms with Gasteiger partial charge in [0.1, 0.15) is 5.82 Å². The Morgan fingerprint density at radius 2 is 1.94 bits per heavy atom. The van der Waals surface area contributed by atoms with Crippen LogP contribution >= 0.6 is 0 Å². The number of anilines is 2. The molecule has 0 unspecified atom stereocenters. The molecular formula is C14H24N4. The van der Waals surface area contributed by atoms with Gasteiger partial charge in [0.25, 0.3) is 0 Å². The van der Waals surface area contributed by atoms with E-state index >= 15 is 0 Å². The van der Waals surface area contributed by atoms with Crippen LogP contribution in [0.15, 0.2) is 6.07 Å². The van der Waals surface area contributed by atoms with Crippen LogP contribution in [0.4, 0.5) is 11.8 Å². The highest BCUT2D eigenvalue weighted by atomic mass is 15.3. The van der Waals surface area contributed by atoms with Crippen molar-refractivity contribution in [2.75, 3.05) is 29.9 Å². The van der Waals surface area contributed by atoms with Gasteiger partial charge < -0.3 is 10.2 Å². The van der Waals surface area contributed by atoms with Crippen molar-refractivity contribution in [1.29, 1.82) is 0 Å². The Morgan fingerprint density at radius 3 is 2.61 bits per heavy atom. The highest BCUT2D eigenvalue weighted by Gasteiger charge is 2.14. The van der Waals surface area contributed by atoms with Gasteiger partial charge in [0, 0.05) is 31.4 Å². The minimum absolute atomic E-state index is 0.624. The van der Waals surface area contributed by atoms with E-state index in [4.69, 9.17) is 0 Å². The lowest BCUT2D eigenvalue weighted by Gasteiger charge is -2.27. The third-order valence-corrected chi connectivity index (χ3v) is 3.17. The predicted octanol–water partition coefficient (Wildman–Crippen LogP) is 2.84. The fraction of sp³-hybridized carbons (Fsp3) is 0.714. The molecule has 0 atom stereocenters. The second kappa shape index (κ2) is 6.03. The first-order chi connectivity index (χ1) is 8.65. The van der Waals surface area contributed by atoms with Crippen molar-refractivity contribution in [1.82, 2.24) is 9.97 Å². The summed E-state index contributed by atoms with van der Waals surface area (Å²) in [5, 5.41) is 3.39. The molecule has 1 aliphatic heterocycles. The largest absolute Gasteiger partial charge is 0.370 e. The van der Waals surface area contributed by atoms with E-state index in [0.29, 0.717) is 5.92 Å². The molecule has 1 aliphatic rings. The lowest BCUT2D eigenvalue weighted by Crippen LogP contribution is -2.31. The number of rotatable bonds is 4. The van der Waals surface area contributed by atoms with Crippen LogP contribution in [0, 0.1) is 12.8 Å². The Kier molecular flexibility index (Phi) is 4.39. The van der Waals surface area contributed by atoms with Gasteiger partial charge >= 0.3 is 0 Å². The van der Waals surface area contributed by atoms with Crippen LogP contribution in [0.2, 0.25) is 0 Å². The van der Waals surface area contributed by atoms with Gasteiger partial charge in [0.05, 0.1) is 0 Å². The molecule has 2 heterocycles. The molecule has 1 aromatic rings. The van der Waals surface area contributed by atoms with E-state index in [0.717, 1.165) is 37.1 Å². The zero-order valence-corrected chi connectivity index (χ0v) is 11.7. The number of nitrogens with one attached hydrogen (secondary N) is 1. The summed E-state index contributed by atoms with van der Waals surface area (Å²) in [6, 6.07) is 2.02. The summed E-state index contributed by atoms with van der Waals surface area (Å²) in [7, 11) is 0. The Hall–Kier alpha value is -1.32. The first kappa shape index (κ1) is 13.1. The van der Waals surface area contributed by atoms with E-state index in [1.165, 1.54) is 19.3 Å². The molecule has 0 amide bonds. The summed E-state index contributed by atoms with van der Waals surface area (Å²) in [6.45, 7) is 9.57. The SMILES string of the molecule is Cc1cc(NCC(C)C)nc(N2CCCCC2)n1. The normalized spacial score (nSPS) is 16.1. The molecule has 0 spiro atoms. The van der Waals surface area contributed by atoms with Gasteiger partial charge in [-0.15, -0.1) is 0 Å². The van der Waals surface area contributed by atoms with Crippen molar-refractivity contribution in [2.24, 2.45) is 5.92 Å². The quantitative estimate of drug-likeness (QED) is 0.889. The Bertz CT molecular complexity index is 383. The Balaban J connectivity index is 2.09. The third kappa shape index (κ3) is 3.59. The molecule has 2 rings (SSSR count). The summed E-state index contributed by atoms with van der Waals surface area (Å²) in [6.07, 6.45) is 3.85. The van der Waals surface area contributed by atoms with Crippen molar-refractivity contribution in [3.63, 3.8) is 0 Å². The standard InChI is InChI=1S/C14H24N4/c1-11(2)10-15-13-9-12(3)16-14(17-13)18-7-5-4-6-8-18/h9,11H,4-8,10H2,1-3H3,(H,15,16,17). The van der Waals surface area contributed by atoms with E-state index in [1.54, 1.807) is 0 Å². The molecule has 1 saturated heterocycles. The van der Waals surface area contributed by atoms with Gasteiger partial charge in [0.2, 0.25) is 5.95 Å². The maximum absolute atomic E-state index is 4.63. The third-order valence-electron chi connectivity index (χ3n) is 3.17. The monoisotopic (exact) mass is 248 g/mol. The van der Waals surface area contributed by atoms with Crippen molar-refractivity contribution in [3.8, 4) is 0 Å². The summed E-state index contributed by atoms with van der Waals surface area (Å²) >= 11 is 0. The summed E-state index contributed by atoms with van der Waals surface area (Å²) < 4.78 is 0. The maximum atomic E-state index is 4.63. The highest BCUT2D eigenvalue weighted by Crippen LogP contribution is 2.18. The number of nitrogens with zero attached hydrogens (tertiary/aromatic N) is 3. The first-order valence-corrected chi connectivity index (χ1v) is 6.99. The summed E-state index contributed by atoms with van der Waals surface area (Å²) in [5.74, 6) is 2.47. The first-order valence-electron chi connectivity index (χ1n) is 6.99. The van der Waals surface area contributed by atoms with E-state index in [1.807, 2.05) is 13.0 Å². The van der Waals surface area contributed by atoms with Crippen LogP contribution in [0.25, 0.3) is 0 Å². The van der Waals surface area contributed by atoms with Crippen LogP contribution in [0.5, 0.6) is 0 Å². The predicted molar refractivity (Wildman–Crippen MR) is 76.2 cm³/mol. The van der Waals surface area contributed by atoms with E-state index in [9.17, 15) is 0 Å². The molecular weight excluding hydrogens is 224 g/mol. The topological polar surface area (TPSA) is 41.1 Å². The average Bonchev–Trinajstić information content (AvgIpc) is 2.37. The minimum Gasteiger partial charge on any atom is -0.370 e.